The van der Waals surface area contributed by atoms with Gasteiger partial charge in [-0.15, -0.1) is 0 Å². The van der Waals surface area contributed by atoms with Gasteiger partial charge in [0.1, 0.15) is 6.61 Å². The largest absolute Gasteiger partial charge is 0.379 e. The van der Waals surface area contributed by atoms with E-state index in [0.29, 0.717) is 26.4 Å². The van der Waals surface area contributed by atoms with Gasteiger partial charge in [-0.3, -0.25) is 4.79 Å². The molecule has 0 radical (unpaired) electrons. The molecule has 0 spiro atoms. The molecule has 0 unspecified atom stereocenters. The predicted octanol–water partition coefficient (Wildman–Crippen LogP) is 0.427. The minimum atomic E-state index is -0.180. The monoisotopic (exact) mass is 244 g/mol. The van der Waals surface area contributed by atoms with E-state index in [1.54, 1.807) is 0 Å². The van der Waals surface area contributed by atoms with Crippen molar-refractivity contribution in [1.29, 1.82) is 0 Å². The zero-order valence-corrected chi connectivity index (χ0v) is 10.7. The highest BCUT2D eigenvalue weighted by Gasteiger charge is 2.33. The summed E-state index contributed by atoms with van der Waals surface area (Å²) in [5.41, 5.74) is 5.56. The summed E-state index contributed by atoms with van der Waals surface area (Å²) in [4.78, 5) is 11.7. The van der Waals surface area contributed by atoms with Crippen LogP contribution < -0.4 is 11.1 Å². The lowest BCUT2D eigenvalue weighted by Gasteiger charge is -2.28. The predicted molar refractivity (Wildman–Crippen MR) is 65.7 cm³/mol. The smallest absolute Gasteiger partial charge is 0.246 e. The fourth-order valence-electron chi connectivity index (χ4n) is 2.19. The van der Waals surface area contributed by atoms with Gasteiger partial charge in [0.25, 0.3) is 0 Å². The van der Waals surface area contributed by atoms with Gasteiger partial charge in [-0.25, -0.2) is 0 Å². The van der Waals surface area contributed by atoms with Crippen LogP contribution in [0.4, 0.5) is 0 Å². The quantitative estimate of drug-likeness (QED) is 0.607. The number of carbonyl (C=O) groups excluding carboxylic acids is 1. The Morgan fingerprint density at radius 1 is 1.29 bits per heavy atom. The number of amides is 1. The molecule has 100 valence electrons. The Labute approximate surface area is 103 Å². The van der Waals surface area contributed by atoms with Gasteiger partial charge < -0.3 is 20.5 Å². The van der Waals surface area contributed by atoms with Crippen LogP contribution >= 0.6 is 0 Å². The fourth-order valence-corrected chi connectivity index (χ4v) is 2.19. The molecule has 0 heterocycles. The first kappa shape index (κ1) is 14.4. The van der Waals surface area contributed by atoms with E-state index < -0.39 is 0 Å². The average molecular weight is 244 g/mol. The first-order valence-electron chi connectivity index (χ1n) is 6.39. The van der Waals surface area contributed by atoms with Crippen molar-refractivity contribution in [2.75, 3.05) is 33.0 Å². The number of ether oxygens (including phenoxy) is 2. The number of rotatable bonds is 8. The van der Waals surface area contributed by atoms with Crippen molar-refractivity contribution in [2.24, 2.45) is 5.73 Å². The lowest BCUT2D eigenvalue weighted by molar-refractivity contribution is -0.128. The maximum Gasteiger partial charge on any atom is 0.246 e. The van der Waals surface area contributed by atoms with Gasteiger partial charge >= 0.3 is 0 Å². The van der Waals surface area contributed by atoms with Crippen LogP contribution in [0.15, 0.2) is 0 Å². The molecule has 0 aliphatic heterocycles. The molecule has 1 fully saturated rings. The first-order chi connectivity index (χ1) is 8.22. The molecule has 0 aromatic rings. The number of nitrogens with two attached hydrogens (primary N) is 1. The standard InChI is InChI=1S/C12H24N2O3/c1-2-16-7-8-17-9-11(15)14-12(10-13)5-3-4-6-12/h2-10,13H2,1H3,(H,14,15). The Kier molecular flexibility index (Phi) is 6.47. The van der Waals surface area contributed by atoms with Gasteiger partial charge in [0.15, 0.2) is 0 Å². The SMILES string of the molecule is CCOCCOCC(=O)NC1(CN)CCCC1. The minimum Gasteiger partial charge on any atom is -0.379 e. The lowest BCUT2D eigenvalue weighted by Crippen LogP contribution is -2.52. The molecule has 0 atom stereocenters. The minimum absolute atomic E-state index is 0.0751. The van der Waals surface area contributed by atoms with Gasteiger partial charge in [-0.1, -0.05) is 12.8 Å². The third-order valence-electron chi connectivity index (χ3n) is 3.17. The van der Waals surface area contributed by atoms with E-state index in [-0.39, 0.29) is 18.1 Å². The van der Waals surface area contributed by atoms with Crippen molar-refractivity contribution >= 4 is 5.91 Å². The zero-order valence-electron chi connectivity index (χ0n) is 10.7. The highest BCUT2D eigenvalue weighted by Crippen LogP contribution is 2.28. The first-order valence-corrected chi connectivity index (χ1v) is 6.39. The van der Waals surface area contributed by atoms with Crippen molar-refractivity contribution in [3.05, 3.63) is 0 Å². The summed E-state index contributed by atoms with van der Waals surface area (Å²) in [5.74, 6) is -0.0751. The van der Waals surface area contributed by atoms with Crippen LogP contribution in [0.1, 0.15) is 32.6 Å². The van der Waals surface area contributed by atoms with Crippen LogP contribution in [0.2, 0.25) is 0 Å². The summed E-state index contributed by atoms with van der Waals surface area (Å²) in [6, 6.07) is 0. The topological polar surface area (TPSA) is 73.6 Å². The Hall–Kier alpha value is -0.650. The Bertz CT molecular complexity index is 228. The Morgan fingerprint density at radius 3 is 2.53 bits per heavy atom. The highest BCUT2D eigenvalue weighted by atomic mass is 16.5. The summed E-state index contributed by atoms with van der Waals surface area (Å²) < 4.78 is 10.3. The second-order valence-corrected chi connectivity index (χ2v) is 4.49. The molecule has 1 amide bonds. The van der Waals surface area contributed by atoms with Crippen LogP contribution in [-0.2, 0) is 14.3 Å². The molecule has 0 aromatic carbocycles. The molecule has 3 N–H and O–H groups in total. The van der Waals surface area contributed by atoms with Crippen molar-refractivity contribution in [1.82, 2.24) is 5.32 Å². The van der Waals surface area contributed by atoms with Crippen molar-refractivity contribution in [2.45, 2.75) is 38.1 Å². The maximum atomic E-state index is 11.7. The van der Waals surface area contributed by atoms with Crippen LogP contribution in [0, 0.1) is 0 Å². The summed E-state index contributed by atoms with van der Waals surface area (Å²) in [5, 5.41) is 3.00. The number of nitrogens with one attached hydrogen (secondary N) is 1. The van der Waals surface area contributed by atoms with Gasteiger partial charge in [-0.05, 0) is 19.8 Å². The molecule has 1 aliphatic carbocycles. The molecule has 0 bridgehead atoms. The number of carbonyl (C=O) groups is 1. The van der Waals surface area contributed by atoms with E-state index in [2.05, 4.69) is 5.32 Å². The summed E-state index contributed by atoms with van der Waals surface area (Å²) in [6.07, 6.45) is 4.24. The van der Waals surface area contributed by atoms with E-state index in [1.165, 1.54) is 0 Å². The molecule has 1 aliphatic rings. The third kappa shape index (κ3) is 5.02. The van der Waals surface area contributed by atoms with Crippen LogP contribution in [-0.4, -0.2) is 44.4 Å². The number of hydrogen-bond donors (Lipinski definition) is 2. The molecule has 1 saturated carbocycles. The summed E-state index contributed by atoms with van der Waals surface area (Å²) >= 11 is 0. The number of hydrogen-bond acceptors (Lipinski definition) is 4. The maximum absolute atomic E-state index is 11.7. The van der Waals surface area contributed by atoms with Gasteiger partial charge in [0.05, 0.1) is 18.8 Å². The van der Waals surface area contributed by atoms with Crippen molar-refractivity contribution in [3.8, 4) is 0 Å². The molecule has 5 heteroatoms. The highest BCUT2D eigenvalue weighted by molar-refractivity contribution is 5.78. The summed E-state index contributed by atoms with van der Waals surface area (Å²) in [7, 11) is 0. The van der Waals surface area contributed by atoms with Gasteiger partial charge in [0, 0.05) is 13.2 Å². The molecule has 17 heavy (non-hydrogen) atoms. The zero-order chi connectivity index (χ0) is 12.6. The Balaban J connectivity index is 2.15. The second kappa shape index (κ2) is 7.63. The van der Waals surface area contributed by atoms with E-state index in [0.717, 1.165) is 25.7 Å². The third-order valence-corrected chi connectivity index (χ3v) is 3.17. The normalized spacial score (nSPS) is 18.2. The molecular formula is C12H24N2O3. The van der Waals surface area contributed by atoms with E-state index in [9.17, 15) is 4.79 Å². The molecule has 0 aromatic heterocycles. The summed E-state index contributed by atoms with van der Waals surface area (Å²) in [6.45, 7) is 4.19. The molecule has 1 rings (SSSR count). The molecule has 5 nitrogen and oxygen atoms in total. The fraction of sp³-hybridized carbons (Fsp3) is 0.917. The van der Waals surface area contributed by atoms with Crippen molar-refractivity contribution in [3.63, 3.8) is 0 Å². The van der Waals surface area contributed by atoms with Crippen LogP contribution in [0.5, 0.6) is 0 Å². The van der Waals surface area contributed by atoms with Crippen molar-refractivity contribution < 1.29 is 14.3 Å². The van der Waals surface area contributed by atoms with E-state index in [4.69, 9.17) is 15.2 Å². The van der Waals surface area contributed by atoms with E-state index in [1.807, 2.05) is 6.92 Å². The lowest BCUT2D eigenvalue weighted by atomic mass is 9.98. The van der Waals surface area contributed by atoms with Crippen LogP contribution in [0.3, 0.4) is 0 Å². The van der Waals surface area contributed by atoms with E-state index >= 15 is 0 Å². The second-order valence-electron chi connectivity index (χ2n) is 4.49. The average Bonchev–Trinajstić information content (AvgIpc) is 2.78. The molecular weight excluding hydrogens is 220 g/mol. The van der Waals surface area contributed by atoms with Crippen LogP contribution in [0.25, 0.3) is 0 Å². The molecule has 0 saturated heterocycles. The van der Waals surface area contributed by atoms with Gasteiger partial charge in [0.2, 0.25) is 5.91 Å². The van der Waals surface area contributed by atoms with Gasteiger partial charge in [-0.2, -0.15) is 0 Å². The Morgan fingerprint density at radius 2 is 1.94 bits per heavy atom.